The number of nitrogens with zero attached hydrogens (tertiary/aromatic N) is 2. The van der Waals surface area contributed by atoms with Gasteiger partial charge < -0.3 is 15.0 Å². The van der Waals surface area contributed by atoms with Gasteiger partial charge in [0.1, 0.15) is 11.6 Å². The summed E-state index contributed by atoms with van der Waals surface area (Å²) in [5.41, 5.74) is 0.0226. The SMILES string of the molecule is COC(=O)C(C)CN(Cc1ccccc1)C(=O)C(C)N1C(=O)NC2(CCCC2)C1=O. The highest BCUT2D eigenvalue weighted by atomic mass is 16.5. The normalized spacial score (nSPS) is 19.5. The van der Waals surface area contributed by atoms with Crippen molar-refractivity contribution < 1.29 is 23.9 Å². The zero-order valence-electron chi connectivity index (χ0n) is 17.7. The molecule has 1 aliphatic heterocycles. The lowest BCUT2D eigenvalue weighted by atomic mass is 9.97. The number of rotatable bonds is 7. The van der Waals surface area contributed by atoms with Crippen LogP contribution in [-0.4, -0.2) is 58.8 Å². The molecule has 1 aliphatic carbocycles. The molecule has 2 fully saturated rings. The van der Waals surface area contributed by atoms with Gasteiger partial charge in [-0.25, -0.2) is 9.69 Å². The molecule has 2 atom stereocenters. The van der Waals surface area contributed by atoms with E-state index in [0.717, 1.165) is 23.3 Å². The van der Waals surface area contributed by atoms with Gasteiger partial charge in [-0.3, -0.25) is 14.4 Å². The van der Waals surface area contributed by atoms with Crippen LogP contribution in [0.3, 0.4) is 0 Å². The van der Waals surface area contributed by atoms with E-state index in [9.17, 15) is 19.2 Å². The number of ether oxygens (including phenoxy) is 1. The third-order valence-electron chi connectivity index (χ3n) is 6.02. The number of hydrogen-bond donors (Lipinski definition) is 1. The number of esters is 1. The summed E-state index contributed by atoms with van der Waals surface area (Å²) in [5, 5.41) is 2.81. The van der Waals surface area contributed by atoms with E-state index in [1.165, 1.54) is 12.0 Å². The molecule has 1 spiro atoms. The molecule has 0 bridgehead atoms. The standard InChI is InChI=1S/C22H29N3O5/c1-15(19(27)30-3)13-24(14-17-9-5-4-6-10-17)18(26)16(2)25-20(28)22(23-21(25)29)11-7-8-12-22/h4-6,9-10,15-16H,7-8,11-14H2,1-3H3,(H,23,29). The highest BCUT2D eigenvalue weighted by Gasteiger charge is 2.54. The molecule has 1 aromatic rings. The van der Waals surface area contributed by atoms with Crippen LogP contribution in [0.15, 0.2) is 30.3 Å². The van der Waals surface area contributed by atoms with Gasteiger partial charge in [-0.2, -0.15) is 0 Å². The Morgan fingerprint density at radius 1 is 1.17 bits per heavy atom. The second-order valence-electron chi connectivity index (χ2n) is 8.20. The number of methoxy groups -OCH3 is 1. The lowest BCUT2D eigenvalue weighted by Gasteiger charge is -2.31. The van der Waals surface area contributed by atoms with Crippen LogP contribution < -0.4 is 5.32 Å². The second-order valence-corrected chi connectivity index (χ2v) is 8.20. The van der Waals surface area contributed by atoms with E-state index in [-0.39, 0.29) is 24.9 Å². The Balaban J connectivity index is 1.81. The van der Waals surface area contributed by atoms with Crippen molar-refractivity contribution in [2.75, 3.05) is 13.7 Å². The van der Waals surface area contributed by atoms with Crippen molar-refractivity contribution in [2.45, 2.75) is 57.7 Å². The van der Waals surface area contributed by atoms with Gasteiger partial charge in [0.25, 0.3) is 5.91 Å². The molecule has 30 heavy (non-hydrogen) atoms. The van der Waals surface area contributed by atoms with Crippen molar-refractivity contribution in [2.24, 2.45) is 5.92 Å². The first-order chi connectivity index (χ1) is 14.3. The number of benzene rings is 1. The summed E-state index contributed by atoms with van der Waals surface area (Å²) >= 11 is 0. The van der Waals surface area contributed by atoms with E-state index in [2.05, 4.69) is 5.32 Å². The molecular formula is C22H29N3O5. The number of carbonyl (C=O) groups excluding carboxylic acids is 4. The van der Waals surface area contributed by atoms with Crippen molar-refractivity contribution in [1.29, 1.82) is 0 Å². The molecule has 2 aliphatic rings. The molecule has 0 radical (unpaired) electrons. The van der Waals surface area contributed by atoms with E-state index < -0.39 is 29.5 Å². The Hall–Kier alpha value is -2.90. The summed E-state index contributed by atoms with van der Waals surface area (Å²) in [6.45, 7) is 3.64. The number of carbonyl (C=O) groups is 4. The third-order valence-corrected chi connectivity index (χ3v) is 6.02. The van der Waals surface area contributed by atoms with Crippen LogP contribution in [0.1, 0.15) is 45.1 Å². The van der Waals surface area contributed by atoms with Gasteiger partial charge >= 0.3 is 12.0 Å². The third kappa shape index (κ3) is 4.17. The Morgan fingerprint density at radius 3 is 2.40 bits per heavy atom. The fourth-order valence-electron chi connectivity index (χ4n) is 4.33. The van der Waals surface area contributed by atoms with Crippen molar-refractivity contribution >= 4 is 23.8 Å². The van der Waals surface area contributed by atoms with Crippen LogP contribution in [0.25, 0.3) is 0 Å². The van der Waals surface area contributed by atoms with Gasteiger partial charge in [0, 0.05) is 13.1 Å². The first kappa shape index (κ1) is 21.8. The highest BCUT2D eigenvalue weighted by molar-refractivity contribution is 6.10. The molecule has 1 N–H and O–H groups in total. The van der Waals surface area contributed by atoms with Crippen LogP contribution in [0.4, 0.5) is 4.79 Å². The molecule has 2 unspecified atom stereocenters. The molecule has 8 nitrogen and oxygen atoms in total. The summed E-state index contributed by atoms with van der Waals surface area (Å²) in [4.78, 5) is 53.5. The van der Waals surface area contributed by atoms with Crippen LogP contribution in [0.5, 0.6) is 0 Å². The van der Waals surface area contributed by atoms with Crippen LogP contribution in [0.2, 0.25) is 0 Å². The largest absolute Gasteiger partial charge is 0.469 e. The molecule has 1 aromatic carbocycles. The lowest BCUT2D eigenvalue weighted by Crippen LogP contribution is -2.51. The predicted octanol–water partition coefficient (Wildman–Crippen LogP) is 2.08. The molecule has 4 amide bonds. The maximum absolute atomic E-state index is 13.4. The summed E-state index contributed by atoms with van der Waals surface area (Å²) in [7, 11) is 1.30. The quantitative estimate of drug-likeness (QED) is 0.543. The van der Waals surface area contributed by atoms with Crippen molar-refractivity contribution in [1.82, 2.24) is 15.1 Å². The van der Waals surface area contributed by atoms with Crippen LogP contribution >= 0.6 is 0 Å². The number of urea groups is 1. The molecule has 1 saturated heterocycles. The number of nitrogens with one attached hydrogen (secondary N) is 1. The van der Waals surface area contributed by atoms with Crippen LogP contribution in [-0.2, 0) is 25.7 Å². The second kappa shape index (κ2) is 8.85. The Labute approximate surface area is 176 Å². The number of imide groups is 1. The maximum Gasteiger partial charge on any atom is 0.325 e. The molecule has 3 rings (SSSR count). The van der Waals surface area contributed by atoms with E-state index in [1.54, 1.807) is 13.8 Å². The van der Waals surface area contributed by atoms with Gasteiger partial charge in [-0.15, -0.1) is 0 Å². The average molecular weight is 415 g/mol. The number of amides is 4. The molecular weight excluding hydrogens is 386 g/mol. The first-order valence-corrected chi connectivity index (χ1v) is 10.4. The van der Waals surface area contributed by atoms with Gasteiger partial charge in [0.15, 0.2) is 0 Å². The number of hydrogen-bond acceptors (Lipinski definition) is 5. The Morgan fingerprint density at radius 2 is 1.80 bits per heavy atom. The van der Waals surface area contributed by atoms with E-state index in [0.29, 0.717) is 12.8 Å². The van der Waals surface area contributed by atoms with Crippen LogP contribution in [0, 0.1) is 5.92 Å². The summed E-state index contributed by atoms with van der Waals surface area (Å²) < 4.78 is 4.80. The van der Waals surface area contributed by atoms with Crippen molar-refractivity contribution in [3.63, 3.8) is 0 Å². The minimum absolute atomic E-state index is 0.125. The van der Waals surface area contributed by atoms with E-state index in [4.69, 9.17) is 4.74 Å². The zero-order valence-corrected chi connectivity index (χ0v) is 17.7. The molecule has 1 heterocycles. The topological polar surface area (TPSA) is 96.0 Å². The zero-order chi connectivity index (χ0) is 21.9. The first-order valence-electron chi connectivity index (χ1n) is 10.4. The molecule has 0 aromatic heterocycles. The fraction of sp³-hybridized carbons (Fsp3) is 0.545. The van der Waals surface area contributed by atoms with Crippen molar-refractivity contribution in [3.8, 4) is 0 Å². The van der Waals surface area contributed by atoms with Gasteiger partial charge in [-0.05, 0) is 25.3 Å². The average Bonchev–Trinajstić information content (AvgIpc) is 3.31. The summed E-state index contributed by atoms with van der Waals surface area (Å²) in [6.07, 6.45) is 2.95. The summed E-state index contributed by atoms with van der Waals surface area (Å²) in [6, 6.07) is 7.89. The Bertz CT molecular complexity index is 819. The van der Waals surface area contributed by atoms with Gasteiger partial charge in [-0.1, -0.05) is 50.1 Å². The Kier molecular flexibility index (Phi) is 6.43. The molecule has 162 valence electrons. The smallest absolute Gasteiger partial charge is 0.325 e. The fourth-order valence-corrected chi connectivity index (χ4v) is 4.33. The van der Waals surface area contributed by atoms with Crippen molar-refractivity contribution in [3.05, 3.63) is 35.9 Å². The molecule has 1 saturated carbocycles. The predicted molar refractivity (Wildman–Crippen MR) is 109 cm³/mol. The summed E-state index contributed by atoms with van der Waals surface area (Å²) in [5.74, 6) is -1.67. The van der Waals surface area contributed by atoms with E-state index in [1.807, 2.05) is 30.3 Å². The molecule has 8 heteroatoms. The van der Waals surface area contributed by atoms with Gasteiger partial charge in [0.2, 0.25) is 5.91 Å². The minimum atomic E-state index is -0.967. The van der Waals surface area contributed by atoms with Gasteiger partial charge in [0.05, 0.1) is 13.0 Å². The lowest BCUT2D eigenvalue weighted by molar-refractivity contribution is -0.148. The minimum Gasteiger partial charge on any atom is -0.469 e. The van der Waals surface area contributed by atoms with E-state index >= 15 is 0 Å². The maximum atomic E-state index is 13.4. The monoisotopic (exact) mass is 415 g/mol. The highest BCUT2D eigenvalue weighted by Crippen LogP contribution is 2.36.